The Bertz CT molecular complexity index is 219. The maximum Gasteiger partial charge on any atom is 0.308 e. The first-order valence-corrected chi connectivity index (χ1v) is 5.24. The first kappa shape index (κ1) is 12.5. The van der Waals surface area contributed by atoms with E-state index < -0.39 is 0 Å². The Balaban J connectivity index is 2.30. The molecule has 0 spiro atoms. The van der Waals surface area contributed by atoms with Crippen LogP contribution in [0.25, 0.3) is 0 Å². The molecule has 2 atom stereocenters. The van der Waals surface area contributed by atoms with Crippen LogP contribution in [-0.4, -0.2) is 32.1 Å². The summed E-state index contributed by atoms with van der Waals surface area (Å²) in [7, 11) is 1.38. The fourth-order valence-electron chi connectivity index (χ4n) is 1.49. The van der Waals surface area contributed by atoms with E-state index in [1.54, 1.807) is 0 Å². The fraction of sp³-hybridized carbons (Fsp3) is 0.909. The summed E-state index contributed by atoms with van der Waals surface area (Å²) in [6.45, 7) is 6.88. The number of hydrogen-bond acceptors (Lipinski definition) is 4. The molecule has 4 nitrogen and oxygen atoms in total. The number of rotatable bonds is 3. The highest BCUT2D eigenvalue weighted by atomic mass is 16.7. The van der Waals surface area contributed by atoms with Crippen molar-refractivity contribution < 1.29 is 19.0 Å². The Morgan fingerprint density at radius 2 is 2.13 bits per heavy atom. The molecule has 0 N–H and O–H groups in total. The zero-order chi connectivity index (χ0) is 11.5. The lowest BCUT2D eigenvalue weighted by Gasteiger charge is -2.21. The molecule has 1 aliphatic heterocycles. The van der Waals surface area contributed by atoms with Gasteiger partial charge in [-0.3, -0.25) is 4.79 Å². The van der Waals surface area contributed by atoms with Gasteiger partial charge in [-0.05, 0) is 5.41 Å². The average Bonchev–Trinajstić information content (AvgIpc) is 2.49. The van der Waals surface area contributed by atoms with Crippen LogP contribution in [0.2, 0.25) is 0 Å². The summed E-state index contributed by atoms with van der Waals surface area (Å²) in [4.78, 5) is 11.0. The molecule has 0 aromatic rings. The number of methoxy groups -OCH3 is 1. The highest BCUT2D eigenvalue weighted by Gasteiger charge is 2.30. The largest absolute Gasteiger partial charge is 0.469 e. The molecule has 2 unspecified atom stereocenters. The van der Waals surface area contributed by atoms with Crippen LogP contribution in [0.15, 0.2) is 0 Å². The zero-order valence-electron chi connectivity index (χ0n) is 9.91. The second-order valence-electron chi connectivity index (χ2n) is 5.07. The summed E-state index contributed by atoms with van der Waals surface area (Å²) < 4.78 is 15.6. The molecule has 0 aliphatic carbocycles. The van der Waals surface area contributed by atoms with Gasteiger partial charge < -0.3 is 14.2 Å². The maximum atomic E-state index is 11.0. The van der Waals surface area contributed by atoms with E-state index in [0.29, 0.717) is 6.61 Å². The molecule has 1 heterocycles. The molecule has 15 heavy (non-hydrogen) atoms. The van der Waals surface area contributed by atoms with Gasteiger partial charge in [0.2, 0.25) is 0 Å². The van der Waals surface area contributed by atoms with Crippen molar-refractivity contribution in [3.8, 4) is 0 Å². The number of carbonyl (C=O) groups excluding carboxylic acids is 1. The summed E-state index contributed by atoms with van der Waals surface area (Å²) in [6.07, 6.45) is 0.784. The molecule has 0 radical (unpaired) electrons. The van der Waals surface area contributed by atoms with Gasteiger partial charge in [0.1, 0.15) is 0 Å². The predicted molar refractivity (Wildman–Crippen MR) is 55.3 cm³/mol. The van der Waals surface area contributed by atoms with Gasteiger partial charge in [0.25, 0.3) is 0 Å². The third kappa shape index (κ3) is 4.62. The molecule has 0 aromatic heterocycles. The lowest BCUT2D eigenvalue weighted by Crippen LogP contribution is -2.21. The minimum atomic E-state index is -0.250. The second-order valence-corrected chi connectivity index (χ2v) is 5.07. The van der Waals surface area contributed by atoms with Crippen LogP contribution in [-0.2, 0) is 19.0 Å². The maximum absolute atomic E-state index is 11.0. The van der Waals surface area contributed by atoms with Crippen LogP contribution in [0.3, 0.4) is 0 Å². The molecule has 0 amide bonds. The van der Waals surface area contributed by atoms with Crippen molar-refractivity contribution in [3.05, 3.63) is 0 Å². The number of ether oxygens (including phenoxy) is 3. The van der Waals surface area contributed by atoms with Crippen molar-refractivity contribution in [2.24, 2.45) is 5.41 Å². The molecular weight excluding hydrogens is 196 g/mol. The van der Waals surface area contributed by atoms with Crippen molar-refractivity contribution in [2.45, 2.75) is 46.0 Å². The Hall–Kier alpha value is -0.610. The van der Waals surface area contributed by atoms with Crippen LogP contribution >= 0.6 is 0 Å². The van der Waals surface area contributed by atoms with E-state index in [9.17, 15) is 4.79 Å². The predicted octanol–water partition coefficient (Wildman–Crippen LogP) is 1.73. The average molecular weight is 216 g/mol. The minimum Gasteiger partial charge on any atom is -0.469 e. The van der Waals surface area contributed by atoms with Gasteiger partial charge in [-0.25, -0.2) is 0 Å². The number of esters is 1. The first-order chi connectivity index (χ1) is 6.90. The van der Waals surface area contributed by atoms with Crippen LogP contribution < -0.4 is 0 Å². The van der Waals surface area contributed by atoms with Crippen molar-refractivity contribution in [1.82, 2.24) is 0 Å². The van der Waals surface area contributed by atoms with Crippen LogP contribution in [0.1, 0.15) is 33.6 Å². The fourth-order valence-corrected chi connectivity index (χ4v) is 1.49. The Labute approximate surface area is 90.9 Å². The monoisotopic (exact) mass is 216 g/mol. The smallest absolute Gasteiger partial charge is 0.308 e. The normalized spacial score (nSPS) is 26.7. The molecule has 0 aromatic carbocycles. The SMILES string of the molecule is COC(=O)CC1COC(CC(C)(C)C)O1. The summed E-state index contributed by atoms with van der Waals surface area (Å²) in [6, 6.07) is 0. The van der Waals surface area contributed by atoms with Crippen LogP contribution in [0.5, 0.6) is 0 Å². The van der Waals surface area contributed by atoms with E-state index in [0.717, 1.165) is 6.42 Å². The van der Waals surface area contributed by atoms with Gasteiger partial charge in [-0.15, -0.1) is 0 Å². The van der Waals surface area contributed by atoms with Gasteiger partial charge in [0.05, 0.1) is 26.2 Å². The van der Waals surface area contributed by atoms with Gasteiger partial charge in [-0.1, -0.05) is 20.8 Å². The minimum absolute atomic E-state index is 0.148. The first-order valence-electron chi connectivity index (χ1n) is 5.24. The molecule has 0 bridgehead atoms. The lowest BCUT2D eigenvalue weighted by molar-refractivity contribution is -0.144. The van der Waals surface area contributed by atoms with Crippen molar-refractivity contribution in [3.63, 3.8) is 0 Å². The standard InChI is InChI=1S/C11H20O4/c1-11(2,3)6-10-14-7-8(15-10)5-9(12)13-4/h8,10H,5-7H2,1-4H3. The molecule has 1 fully saturated rings. The van der Waals surface area contributed by atoms with Crippen LogP contribution in [0.4, 0.5) is 0 Å². The Morgan fingerprint density at radius 3 is 2.67 bits per heavy atom. The Morgan fingerprint density at radius 1 is 1.47 bits per heavy atom. The number of carbonyl (C=O) groups is 1. The summed E-state index contributed by atoms with van der Waals surface area (Å²) in [5.74, 6) is -0.250. The van der Waals surface area contributed by atoms with E-state index in [1.807, 2.05) is 0 Å². The molecule has 88 valence electrons. The third-order valence-electron chi connectivity index (χ3n) is 2.21. The van der Waals surface area contributed by atoms with Crippen molar-refractivity contribution in [2.75, 3.05) is 13.7 Å². The van der Waals surface area contributed by atoms with E-state index in [2.05, 4.69) is 25.5 Å². The molecule has 1 rings (SSSR count). The van der Waals surface area contributed by atoms with E-state index in [-0.39, 0.29) is 30.2 Å². The molecular formula is C11H20O4. The van der Waals surface area contributed by atoms with Gasteiger partial charge in [0.15, 0.2) is 6.29 Å². The summed E-state index contributed by atoms with van der Waals surface area (Å²) in [5.41, 5.74) is 0.171. The van der Waals surface area contributed by atoms with Gasteiger partial charge in [-0.2, -0.15) is 0 Å². The van der Waals surface area contributed by atoms with Crippen molar-refractivity contribution >= 4 is 5.97 Å². The van der Waals surface area contributed by atoms with E-state index in [1.165, 1.54) is 7.11 Å². The highest BCUT2D eigenvalue weighted by molar-refractivity contribution is 5.69. The van der Waals surface area contributed by atoms with Gasteiger partial charge >= 0.3 is 5.97 Å². The summed E-state index contributed by atoms with van der Waals surface area (Å²) in [5, 5.41) is 0. The molecule has 1 aliphatic rings. The van der Waals surface area contributed by atoms with Gasteiger partial charge in [0, 0.05) is 6.42 Å². The molecule has 4 heteroatoms. The Kier molecular flexibility index (Phi) is 4.11. The summed E-state index contributed by atoms with van der Waals surface area (Å²) >= 11 is 0. The molecule has 1 saturated heterocycles. The topological polar surface area (TPSA) is 44.8 Å². The lowest BCUT2D eigenvalue weighted by atomic mass is 9.92. The van der Waals surface area contributed by atoms with Crippen LogP contribution in [0, 0.1) is 5.41 Å². The van der Waals surface area contributed by atoms with Crippen molar-refractivity contribution in [1.29, 1.82) is 0 Å². The van der Waals surface area contributed by atoms with E-state index in [4.69, 9.17) is 9.47 Å². The van der Waals surface area contributed by atoms with E-state index >= 15 is 0 Å². The highest BCUT2D eigenvalue weighted by Crippen LogP contribution is 2.27. The molecule has 0 saturated carbocycles. The zero-order valence-corrected chi connectivity index (χ0v) is 9.91. The quantitative estimate of drug-likeness (QED) is 0.674. The second kappa shape index (κ2) is 4.94. The third-order valence-corrected chi connectivity index (χ3v) is 2.21. The number of hydrogen-bond donors (Lipinski definition) is 0.